The molecule has 0 saturated carbocycles. The van der Waals surface area contributed by atoms with Crippen molar-refractivity contribution in [2.24, 2.45) is 0 Å². The van der Waals surface area contributed by atoms with Gasteiger partial charge in [-0.2, -0.15) is 5.10 Å². The standard InChI is InChI=1S/C22H17N3O2/c1-15-7-9-18(10-8-15)25-21(17-5-3-2-4-6-17)19(22(26)27)20(24-25)16-11-13-23-14-12-16/h2-14H,1H3,(H,26,27). The van der Waals surface area contributed by atoms with Gasteiger partial charge in [0, 0.05) is 23.5 Å². The Labute approximate surface area is 156 Å². The molecule has 27 heavy (non-hydrogen) atoms. The van der Waals surface area contributed by atoms with Gasteiger partial charge in [0.1, 0.15) is 11.3 Å². The molecule has 0 amide bonds. The first-order valence-electron chi connectivity index (χ1n) is 8.54. The number of carboxylic acids is 1. The Bertz CT molecular complexity index is 1090. The van der Waals surface area contributed by atoms with Crippen LogP contribution in [-0.4, -0.2) is 25.8 Å². The second-order valence-corrected chi connectivity index (χ2v) is 6.23. The molecule has 0 fully saturated rings. The second kappa shape index (κ2) is 6.88. The van der Waals surface area contributed by atoms with Gasteiger partial charge in [-0.25, -0.2) is 9.48 Å². The van der Waals surface area contributed by atoms with Crippen molar-refractivity contribution in [2.45, 2.75) is 6.92 Å². The molecule has 0 aliphatic heterocycles. The topological polar surface area (TPSA) is 68.0 Å². The number of carbonyl (C=O) groups is 1. The number of hydrogen-bond donors (Lipinski definition) is 1. The maximum absolute atomic E-state index is 12.2. The van der Waals surface area contributed by atoms with Crippen LogP contribution in [0.1, 0.15) is 15.9 Å². The molecule has 2 aromatic heterocycles. The van der Waals surface area contributed by atoms with Crippen LogP contribution in [0.4, 0.5) is 0 Å². The summed E-state index contributed by atoms with van der Waals surface area (Å²) < 4.78 is 1.70. The Morgan fingerprint density at radius 2 is 1.56 bits per heavy atom. The van der Waals surface area contributed by atoms with Crippen molar-refractivity contribution in [3.05, 3.63) is 90.3 Å². The number of rotatable bonds is 4. The normalized spacial score (nSPS) is 10.7. The number of benzene rings is 2. The van der Waals surface area contributed by atoms with E-state index >= 15 is 0 Å². The lowest BCUT2D eigenvalue weighted by Crippen LogP contribution is -2.03. The van der Waals surface area contributed by atoms with Crippen LogP contribution in [0.3, 0.4) is 0 Å². The quantitative estimate of drug-likeness (QED) is 0.580. The zero-order valence-corrected chi connectivity index (χ0v) is 14.7. The van der Waals surface area contributed by atoms with E-state index in [1.807, 2.05) is 61.5 Å². The molecule has 4 rings (SSSR count). The predicted octanol–water partition coefficient (Wildman–Crippen LogP) is 4.61. The summed E-state index contributed by atoms with van der Waals surface area (Å²) in [5.74, 6) is -1.01. The van der Waals surface area contributed by atoms with Crippen LogP contribution in [-0.2, 0) is 0 Å². The molecule has 0 bridgehead atoms. The molecule has 2 aromatic carbocycles. The number of pyridine rings is 1. The Morgan fingerprint density at radius 1 is 0.889 bits per heavy atom. The van der Waals surface area contributed by atoms with Crippen molar-refractivity contribution in [3.8, 4) is 28.2 Å². The molecule has 4 aromatic rings. The summed E-state index contributed by atoms with van der Waals surface area (Å²) in [6, 6.07) is 20.9. The molecule has 0 saturated heterocycles. The van der Waals surface area contributed by atoms with E-state index in [4.69, 9.17) is 0 Å². The van der Waals surface area contributed by atoms with Gasteiger partial charge in [0.25, 0.3) is 0 Å². The van der Waals surface area contributed by atoms with E-state index in [1.54, 1.807) is 29.2 Å². The molecule has 0 spiro atoms. The maximum Gasteiger partial charge on any atom is 0.340 e. The average Bonchev–Trinajstić information content (AvgIpc) is 3.11. The Morgan fingerprint density at radius 3 is 2.19 bits per heavy atom. The van der Waals surface area contributed by atoms with Gasteiger partial charge in [0.15, 0.2) is 0 Å². The molecular weight excluding hydrogens is 338 g/mol. The van der Waals surface area contributed by atoms with Crippen LogP contribution in [0.25, 0.3) is 28.2 Å². The molecular formula is C22H17N3O2. The van der Waals surface area contributed by atoms with Crippen LogP contribution in [0.5, 0.6) is 0 Å². The fraction of sp³-hybridized carbons (Fsp3) is 0.0455. The summed E-state index contributed by atoms with van der Waals surface area (Å²) in [7, 11) is 0. The van der Waals surface area contributed by atoms with E-state index in [0.29, 0.717) is 17.0 Å². The van der Waals surface area contributed by atoms with Crippen molar-refractivity contribution < 1.29 is 9.90 Å². The zero-order valence-electron chi connectivity index (χ0n) is 14.7. The largest absolute Gasteiger partial charge is 0.478 e. The van der Waals surface area contributed by atoms with Crippen LogP contribution in [0.15, 0.2) is 79.1 Å². The van der Waals surface area contributed by atoms with Crippen LogP contribution in [0.2, 0.25) is 0 Å². The van der Waals surface area contributed by atoms with Crippen LogP contribution >= 0.6 is 0 Å². The number of aromatic carboxylic acids is 1. The highest BCUT2D eigenvalue weighted by Gasteiger charge is 2.26. The highest BCUT2D eigenvalue weighted by atomic mass is 16.4. The highest BCUT2D eigenvalue weighted by Crippen LogP contribution is 2.34. The van der Waals surface area contributed by atoms with Crippen molar-refractivity contribution in [3.63, 3.8) is 0 Å². The summed E-state index contributed by atoms with van der Waals surface area (Å²) in [5.41, 5.74) is 4.59. The lowest BCUT2D eigenvalue weighted by Gasteiger charge is -2.09. The van der Waals surface area contributed by atoms with Crippen molar-refractivity contribution >= 4 is 5.97 Å². The Balaban J connectivity index is 2.06. The van der Waals surface area contributed by atoms with E-state index in [0.717, 1.165) is 16.8 Å². The van der Waals surface area contributed by atoms with Gasteiger partial charge in [-0.05, 0) is 31.2 Å². The fourth-order valence-electron chi connectivity index (χ4n) is 3.07. The summed E-state index contributed by atoms with van der Waals surface area (Å²) in [6.07, 6.45) is 3.27. The van der Waals surface area contributed by atoms with E-state index in [2.05, 4.69) is 10.1 Å². The maximum atomic E-state index is 12.2. The lowest BCUT2D eigenvalue weighted by molar-refractivity contribution is 0.0698. The van der Waals surface area contributed by atoms with Gasteiger partial charge in [0.05, 0.1) is 11.4 Å². The average molecular weight is 355 g/mol. The minimum absolute atomic E-state index is 0.174. The zero-order chi connectivity index (χ0) is 18.8. The number of hydrogen-bond acceptors (Lipinski definition) is 3. The number of nitrogens with zero attached hydrogens (tertiary/aromatic N) is 3. The van der Waals surface area contributed by atoms with Crippen LogP contribution in [0, 0.1) is 6.92 Å². The minimum atomic E-state index is -1.01. The highest BCUT2D eigenvalue weighted by molar-refractivity contribution is 6.01. The predicted molar refractivity (Wildman–Crippen MR) is 104 cm³/mol. The fourth-order valence-corrected chi connectivity index (χ4v) is 3.07. The molecule has 0 atom stereocenters. The van der Waals surface area contributed by atoms with Gasteiger partial charge in [-0.1, -0.05) is 48.0 Å². The summed E-state index contributed by atoms with van der Waals surface area (Å²) >= 11 is 0. The molecule has 1 N–H and O–H groups in total. The van der Waals surface area contributed by atoms with Gasteiger partial charge in [-0.3, -0.25) is 4.98 Å². The van der Waals surface area contributed by atoms with Gasteiger partial charge >= 0.3 is 5.97 Å². The van der Waals surface area contributed by atoms with Crippen molar-refractivity contribution in [1.82, 2.24) is 14.8 Å². The molecule has 0 unspecified atom stereocenters. The first-order valence-corrected chi connectivity index (χ1v) is 8.54. The van der Waals surface area contributed by atoms with Crippen molar-refractivity contribution in [1.29, 1.82) is 0 Å². The summed E-state index contributed by atoms with van der Waals surface area (Å²) in [4.78, 5) is 16.2. The van der Waals surface area contributed by atoms with Crippen molar-refractivity contribution in [2.75, 3.05) is 0 Å². The number of aromatic nitrogens is 3. The number of carboxylic acid groups (broad SMARTS) is 1. The molecule has 5 nitrogen and oxygen atoms in total. The monoisotopic (exact) mass is 355 g/mol. The summed E-state index contributed by atoms with van der Waals surface area (Å²) in [6.45, 7) is 2.01. The van der Waals surface area contributed by atoms with E-state index in [9.17, 15) is 9.90 Å². The third-order valence-electron chi connectivity index (χ3n) is 4.38. The first kappa shape index (κ1) is 16.7. The Kier molecular flexibility index (Phi) is 4.26. The molecule has 0 aliphatic rings. The summed E-state index contributed by atoms with van der Waals surface area (Å²) in [5, 5.41) is 14.7. The van der Waals surface area contributed by atoms with Gasteiger partial charge in [-0.15, -0.1) is 0 Å². The number of aryl methyl sites for hydroxylation is 1. The SMILES string of the molecule is Cc1ccc(-n2nc(-c3ccncc3)c(C(=O)O)c2-c2ccccc2)cc1. The minimum Gasteiger partial charge on any atom is -0.478 e. The van der Waals surface area contributed by atoms with E-state index < -0.39 is 5.97 Å². The third-order valence-corrected chi connectivity index (χ3v) is 4.38. The van der Waals surface area contributed by atoms with Crippen LogP contribution < -0.4 is 0 Å². The van der Waals surface area contributed by atoms with Gasteiger partial charge in [0.2, 0.25) is 0 Å². The van der Waals surface area contributed by atoms with E-state index in [1.165, 1.54) is 0 Å². The smallest absolute Gasteiger partial charge is 0.340 e. The molecule has 2 heterocycles. The van der Waals surface area contributed by atoms with Gasteiger partial charge < -0.3 is 5.11 Å². The van der Waals surface area contributed by atoms with E-state index in [-0.39, 0.29) is 5.56 Å². The molecule has 0 radical (unpaired) electrons. The molecule has 0 aliphatic carbocycles. The lowest BCUT2D eigenvalue weighted by atomic mass is 10.0. The third kappa shape index (κ3) is 3.11. The molecule has 132 valence electrons. The second-order valence-electron chi connectivity index (χ2n) is 6.23. The molecule has 5 heteroatoms. The first-order chi connectivity index (χ1) is 13.1. The Hall–Kier alpha value is -3.73.